The number of carbonyl (C=O) groups excluding carboxylic acids is 1. The van der Waals surface area contributed by atoms with Crippen molar-refractivity contribution in [1.29, 1.82) is 5.26 Å². The largest absolute Gasteiger partial charge is 0.465 e. The average Bonchev–Trinajstić information content (AvgIpc) is 3.12. The molecule has 8 heteroatoms. The molecule has 2 amide bonds. The number of hydrogen-bond donors (Lipinski definition) is 1. The second-order valence-electron chi connectivity index (χ2n) is 9.69. The Morgan fingerprint density at radius 3 is 2.48 bits per heavy atom. The minimum Gasteiger partial charge on any atom is -0.465 e. The molecule has 2 heterocycles. The van der Waals surface area contributed by atoms with Gasteiger partial charge in [0, 0.05) is 30.3 Å². The van der Waals surface area contributed by atoms with Gasteiger partial charge in [-0.2, -0.15) is 5.26 Å². The Bertz CT molecular complexity index is 827. The van der Waals surface area contributed by atoms with E-state index in [2.05, 4.69) is 4.98 Å². The molecule has 1 aliphatic heterocycles. The molecule has 31 heavy (non-hydrogen) atoms. The summed E-state index contributed by atoms with van der Waals surface area (Å²) >= 11 is 0. The quantitative estimate of drug-likeness (QED) is 0.780. The van der Waals surface area contributed by atoms with Gasteiger partial charge < -0.3 is 10.0 Å². The zero-order valence-corrected chi connectivity index (χ0v) is 18.4. The monoisotopic (exact) mass is 430 g/mol. The Hall–Kier alpha value is -2.69. The molecule has 1 saturated carbocycles. The maximum Gasteiger partial charge on any atom is 0.408 e. The topological polar surface area (TPSA) is 97.5 Å². The number of rotatable bonds is 4. The summed E-state index contributed by atoms with van der Waals surface area (Å²) in [6.45, 7) is 5.28. The summed E-state index contributed by atoms with van der Waals surface area (Å²) < 4.78 is 14.0. The molecular weight excluding hydrogens is 399 g/mol. The van der Waals surface area contributed by atoms with E-state index in [0.717, 1.165) is 18.5 Å². The molecule has 2 fully saturated rings. The van der Waals surface area contributed by atoms with E-state index in [1.807, 2.05) is 45.0 Å². The fourth-order valence-electron chi connectivity index (χ4n) is 4.96. The van der Waals surface area contributed by atoms with Crippen molar-refractivity contribution >= 4 is 12.0 Å². The molecule has 3 unspecified atom stereocenters. The number of alkyl halides is 1. The Morgan fingerprint density at radius 1 is 1.29 bits per heavy atom. The van der Waals surface area contributed by atoms with Crippen molar-refractivity contribution in [1.82, 2.24) is 14.8 Å². The molecule has 3 rings (SSSR count). The van der Waals surface area contributed by atoms with Crippen molar-refractivity contribution in [2.45, 2.75) is 83.1 Å². The number of halogens is 1. The van der Waals surface area contributed by atoms with Gasteiger partial charge in [-0.3, -0.25) is 14.7 Å². The first kappa shape index (κ1) is 23.0. The van der Waals surface area contributed by atoms with Crippen LogP contribution in [-0.2, 0) is 4.79 Å². The first-order valence-corrected chi connectivity index (χ1v) is 10.9. The van der Waals surface area contributed by atoms with Crippen molar-refractivity contribution < 1.29 is 19.1 Å². The van der Waals surface area contributed by atoms with Crippen LogP contribution in [0, 0.1) is 16.7 Å². The predicted molar refractivity (Wildman–Crippen MR) is 113 cm³/mol. The third-order valence-electron chi connectivity index (χ3n) is 6.43. The van der Waals surface area contributed by atoms with Gasteiger partial charge in [0.2, 0.25) is 5.91 Å². The summed E-state index contributed by atoms with van der Waals surface area (Å²) in [6.07, 6.45) is 2.14. The van der Waals surface area contributed by atoms with Crippen LogP contribution in [0.3, 0.4) is 0 Å². The lowest BCUT2D eigenvalue weighted by Gasteiger charge is -2.45. The molecule has 0 bridgehead atoms. The summed E-state index contributed by atoms with van der Waals surface area (Å²) in [6, 6.07) is 5.65. The summed E-state index contributed by atoms with van der Waals surface area (Å²) in [5.41, 5.74) is 0.302. The van der Waals surface area contributed by atoms with Gasteiger partial charge in [-0.15, -0.1) is 0 Å². The van der Waals surface area contributed by atoms with E-state index in [4.69, 9.17) is 0 Å². The Kier molecular flexibility index (Phi) is 6.83. The highest BCUT2D eigenvalue weighted by atomic mass is 19.1. The summed E-state index contributed by atoms with van der Waals surface area (Å²) in [4.78, 5) is 32.8. The number of hydrogen-bond acceptors (Lipinski definition) is 4. The number of likely N-dealkylation sites (tertiary alicyclic amines) is 1. The van der Waals surface area contributed by atoms with Crippen LogP contribution in [0.1, 0.15) is 64.5 Å². The molecule has 1 saturated heterocycles. The molecule has 168 valence electrons. The molecule has 0 spiro atoms. The van der Waals surface area contributed by atoms with Crippen molar-refractivity contribution in [3.8, 4) is 6.07 Å². The number of carboxylic acid groups (broad SMARTS) is 1. The van der Waals surface area contributed by atoms with Gasteiger partial charge in [-0.25, -0.2) is 9.18 Å². The molecule has 0 radical (unpaired) electrons. The van der Waals surface area contributed by atoms with Crippen molar-refractivity contribution in [3.05, 3.63) is 30.1 Å². The maximum absolute atomic E-state index is 14.0. The van der Waals surface area contributed by atoms with Gasteiger partial charge in [0.1, 0.15) is 18.3 Å². The smallest absolute Gasteiger partial charge is 0.408 e. The molecule has 1 aliphatic carbocycles. The lowest BCUT2D eigenvalue weighted by Crippen LogP contribution is -2.60. The normalized spacial score (nSPS) is 27.4. The van der Waals surface area contributed by atoms with Crippen LogP contribution in [0.15, 0.2) is 24.4 Å². The molecule has 7 nitrogen and oxygen atoms in total. The van der Waals surface area contributed by atoms with Crippen LogP contribution in [0.4, 0.5) is 9.18 Å². The van der Waals surface area contributed by atoms with Gasteiger partial charge >= 0.3 is 6.09 Å². The van der Waals surface area contributed by atoms with Crippen molar-refractivity contribution in [2.75, 3.05) is 6.54 Å². The first-order chi connectivity index (χ1) is 14.6. The highest BCUT2D eigenvalue weighted by Gasteiger charge is 2.48. The second kappa shape index (κ2) is 9.21. The van der Waals surface area contributed by atoms with E-state index in [0.29, 0.717) is 12.8 Å². The van der Waals surface area contributed by atoms with Crippen molar-refractivity contribution in [3.63, 3.8) is 0 Å². The zero-order chi connectivity index (χ0) is 22.8. The van der Waals surface area contributed by atoms with Crippen LogP contribution >= 0.6 is 0 Å². The van der Waals surface area contributed by atoms with E-state index >= 15 is 0 Å². The second-order valence-corrected chi connectivity index (χ2v) is 9.69. The van der Waals surface area contributed by atoms with E-state index in [1.54, 1.807) is 6.20 Å². The minimum atomic E-state index is -1.26. The number of amides is 2. The highest BCUT2D eigenvalue weighted by molar-refractivity contribution is 5.87. The fraction of sp³-hybridized carbons (Fsp3) is 0.652. The third kappa shape index (κ3) is 4.97. The molecule has 3 atom stereocenters. The summed E-state index contributed by atoms with van der Waals surface area (Å²) in [5, 5.41) is 19.5. The highest BCUT2D eigenvalue weighted by Crippen LogP contribution is 2.38. The van der Waals surface area contributed by atoms with E-state index in [1.165, 1.54) is 9.80 Å². The van der Waals surface area contributed by atoms with E-state index < -0.39 is 35.7 Å². The van der Waals surface area contributed by atoms with Gasteiger partial charge in [0.25, 0.3) is 0 Å². The van der Waals surface area contributed by atoms with Crippen LogP contribution in [-0.4, -0.2) is 62.7 Å². The fourth-order valence-corrected chi connectivity index (χ4v) is 4.96. The van der Waals surface area contributed by atoms with Gasteiger partial charge in [-0.05, 0) is 43.2 Å². The molecule has 1 aromatic heterocycles. The first-order valence-electron chi connectivity index (χ1n) is 10.9. The lowest BCUT2D eigenvalue weighted by atomic mass is 9.79. The van der Waals surface area contributed by atoms with Crippen LogP contribution in [0.5, 0.6) is 0 Å². The number of nitriles is 1. The summed E-state index contributed by atoms with van der Waals surface area (Å²) in [5.74, 6) is -0.209. The minimum absolute atomic E-state index is 0.0264. The van der Waals surface area contributed by atoms with Crippen LogP contribution < -0.4 is 0 Å². The van der Waals surface area contributed by atoms with Crippen LogP contribution in [0.2, 0.25) is 0 Å². The number of carbonyl (C=O) groups is 2. The molecular formula is C23H31FN4O3. The third-order valence-corrected chi connectivity index (χ3v) is 6.43. The molecule has 0 aromatic carbocycles. The summed E-state index contributed by atoms with van der Waals surface area (Å²) in [7, 11) is 0. The van der Waals surface area contributed by atoms with E-state index in [-0.39, 0.29) is 24.9 Å². The SMILES string of the molecule is CC(C)(C)C(C(=O)N1CC(F)CC1C#N)N(C(=O)O)C1CCC(c2ccccn2)CC1. The molecule has 2 aliphatic rings. The standard InChI is InChI=1S/C23H31FN4O3/c1-23(2,3)20(21(29)27-14-16(24)12-18(27)13-25)28(22(30)31)17-9-7-15(8-10-17)19-6-4-5-11-26-19/h4-6,11,15-18,20H,7-10,12,14H2,1-3H3,(H,30,31). The van der Waals surface area contributed by atoms with Crippen molar-refractivity contribution in [2.24, 2.45) is 5.41 Å². The van der Waals surface area contributed by atoms with Gasteiger partial charge in [-0.1, -0.05) is 26.8 Å². The predicted octanol–water partition coefficient (Wildman–Crippen LogP) is 3.97. The van der Waals surface area contributed by atoms with E-state index in [9.17, 15) is 24.3 Å². The Morgan fingerprint density at radius 2 is 1.97 bits per heavy atom. The van der Waals surface area contributed by atoms with Gasteiger partial charge in [0.05, 0.1) is 12.6 Å². The Labute approximate surface area is 182 Å². The Balaban J connectivity index is 1.82. The average molecular weight is 431 g/mol. The number of aromatic nitrogens is 1. The lowest BCUT2D eigenvalue weighted by molar-refractivity contribution is -0.142. The van der Waals surface area contributed by atoms with Crippen LogP contribution in [0.25, 0.3) is 0 Å². The molecule has 1 aromatic rings. The van der Waals surface area contributed by atoms with Gasteiger partial charge in [0.15, 0.2) is 0 Å². The maximum atomic E-state index is 14.0. The number of nitrogens with zero attached hydrogens (tertiary/aromatic N) is 4. The zero-order valence-electron chi connectivity index (χ0n) is 18.4. The number of pyridine rings is 1. The molecule has 1 N–H and O–H groups in total.